The number of likely N-dealkylation sites (tertiary alicyclic amines) is 1. The lowest BCUT2D eigenvalue weighted by atomic mass is 10.2. The van der Waals surface area contributed by atoms with Gasteiger partial charge in [0.1, 0.15) is 6.04 Å². The number of aromatic amines is 1. The van der Waals surface area contributed by atoms with Gasteiger partial charge in [-0.1, -0.05) is 0 Å². The van der Waals surface area contributed by atoms with E-state index in [1.807, 2.05) is 0 Å². The number of hydrogen-bond donors (Lipinski definition) is 2. The van der Waals surface area contributed by atoms with Gasteiger partial charge in [-0.05, 0) is 6.42 Å². The number of H-pyrrole nitrogens is 1. The first-order valence-corrected chi connectivity index (χ1v) is 5.26. The molecule has 0 radical (unpaired) electrons. The highest BCUT2D eigenvalue weighted by Gasteiger charge is 2.30. The van der Waals surface area contributed by atoms with Crippen molar-refractivity contribution >= 4 is 11.7 Å². The summed E-state index contributed by atoms with van der Waals surface area (Å²) in [7, 11) is 3.13. The standard InChI is InChI=1S/C10H14N4O3/c1-14-4-3-6(10(14)16)13-8-7(17-2)9(15)12-5-11-8/h5-6H,3-4H2,1-2H3,(H2,11,12,13,15). The topological polar surface area (TPSA) is 87.3 Å². The van der Waals surface area contributed by atoms with E-state index < -0.39 is 0 Å². The summed E-state index contributed by atoms with van der Waals surface area (Å²) in [5.74, 6) is 0.383. The first kappa shape index (κ1) is 11.4. The number of nitrogens with zero attached hydrogens (tertiary/aromatic N) is 2. The molecule has 1 fully saturated rings. The summed E-state index contributed by atoms with van der Waals surface area (Å²) in [6.45, 7) is 0.696. The molecular formula is C10H14N4O3. The normalized spacial score (nSPS) is 19.5. The Balaban J connectivity index is 2.22. The summed E-state index contributed by atoms with van der Waals surface area (Å²) in [6.07, 6.45) is 1.96. The number of hydrogen-bond acceptors (Lipinski definition) is 5. The lowest BCUT2D eigenvalue weighted by Crippen LogP contribution is -2.32. The number of nitrogens with one attached hydrogen (secondary N) is 2. The van der Waals surface area contributed by atoms with Gasteiger partial charge in [0.15, 0.2) is 5.82 Å². The molecule has 1 aromatic heterocycles. The predicted octanol–water partition coefficient (Wildman–Crippen LogP) is -0.579. The molecule has 1 saturated heterocycles. The molecule has 0 aromatic carbocycles. The van der Waals surface area contributed by atoms with Crippen LogP contribution in [-0.2, 0) is 4.79 Å². The van der Waals surface area contributed by atoms with Gasteiger partial charge in [-0.25, -0.2) is 4.98 Å². The second-order valence-electron chi connectivity index (χ2n) is 3.86. The highest BCUT2D eigenvalue weighted by Crippen LogP contribution is 2.19. The average molecular weight is 238 g/mol. The summed E-state index contributed by atoms with van der Waals surface area (Å²) in [4.78, 5) is 31.2. The van der Waals surface area contributed by atoms with Crippen molar-refractivity contribution in [3.05, 3.63) is 16.7 Å². The maximum atomic E-state index is 11.7. The maximum Gasteiger partial charge on any atom is 0.295 e. The number of carbonyl (C=O) groups is 1. The molecule has 0 bridgehead atoms. The Morgan fingerprint density at radius 2 is 2.35 bits per heavy atom. The average Bonchev–Trinajstić information content (AvgIpc) is 2.61. The first-order chi connectivity index (χ1) is 8.13. The maximum absolute atomic E-state index is 11.7. The van der Waals surface area contributed by atoms with E-state index in [0.717, 1.165) is 0 Å². The van der Waals surface area contributed by atoms with Crippen molar-refractivity contribution in [2.75, 3.05) is 26.0 Å². The molecule has 1 aromatic rings. The summed E-state index contributed by atoms with van der Waals surface area (Å²) in [5, 5.41) is 2.93. The number of aromatic nitrogens is 2. The quantitative estimate of drug-likeness (QED) is 0.735. The van der Waals surface area contributed by atoms with Crippen LogP contribution in [-0.4, -0.2) is 47.5 Å². The summed E-state index contributed by atoms with van der Waals surface area (Å²) in [6, 6.07) is -0.344. The molecule has 0 aliphatic carbocycles. The zero-order valence-corrected chi connectivity index (χ0v) is 9.69. The zero-order valence-electron chi connectivity index (χ0n) is 9.69. The number of ether oxygens (including phenoxy) is 1. The van der Waals surface area contributed by atoms with Gasteiger partial charge in [0.2, 0.25) is 11.7 Å². The largest absolute Gasteiger partial charge is 0.489 e. The monoisotopic (exact) mass is 238 g/mol. The summed E-state index contributed by atoms with van der Waals surface area (Å²) < 4.78 is 4.95. The molecule has 92 valence electrons. The van der Waals surface area contributed by atoms with Gasteiger partial charge >= 0.3 is 0 Å². The highest BCUT2D eigenvalue weighted by atomic mass is 16.5. The highest BCUT2D eigenvalue weighted by molar-refractivity contribution is 5.86. The lowest BCUT2D eigenvalue weighted by molar-refractivity contribution is -0.127. The predicted molar refractivity (Wildman–Crippen MR) is 61.1 cm³/mol. The minimum atomic E-state index is -0.371. The van der Waals surface area contributed by atoms with E-state index >= 15 is 0 Å². The number of anilines is 1. The molecule has 2 N–H and O–H groups in total. The van der Waals surface area contributed by atoms with Gasteiger partial charge in [0.25, 0.3) is 5.56 Å². The van der Waals surface area contributed by atoms with Crippen LogP contribution >= 0.6 is 0 Å². The van der Waals surface area contributed by atoms with Crippen molar-refractivity contribution < 1.29 is 9.53 Å². The minimum Gasteiger partial charge on any atom is -0.489 e. The van der Waals surface area contributed by atoms with Crippen LogP contribution in [0.5, 0.6) is 5.75 Å². The van der Waals surface area contributed by atoms with Gasteiger partial charge in [0, 0.05) is 13.6 Å². The third-order valence-corrected chi connectivity index (χ3v) is 2.75. The third kappa shape index (κ3) is 2.08. The molecule has 1 aliphatic heterocycles. The van der Waals surface area contributed by atoms with Crippen LogP contribution in [0.2, 0.25) is 0 Å². The molecule has 7 nitrogen and oxygen atoms in total. The fourth-order valence-corrected chi connectivity index (χ4v) is 1.80. The zero-order chi connectivity index (χ0) is 12.4. The Morgan fingerprint density at radius 3 is 2.94 bits per heavy atom. The molecule has 0 spiro atoms. The van der Waals surface area contributed by atoms with Gasteiger partial charge in [-0.15, -0.1) is 0 Å². The number of methoxy groups -OCH3 is 1. The molecule has 2 heterocycles. The van der Waals surface area contributed by atoms with Crippen LogP contribution in [0.1, 0.15) is 6.42 Å². The number of carbonyl (C=O) groups excluding carboxylic acids is 1. The Morgan fingerprint density at radius 1 is 1.59 bits per heavy atom. The fourth-order valence-electron chi connectivity index (χ4n) is 1.80. The second-order valence-corrected chi connectivity index (χ2v) is 3.86. The van der Waals surface area contributed by atoms with E-state index in [9.17, 15) is 9.59 Å². The molecule has 1 atom stereocenters. The van der Waals surface area contributed by atoms with E-state index in [-0.39, 0.29) is 23.3 Å². The van der Waals surface area contributed by atoms with Crippen molar-refractivity contribution in [2.45, 2.75) is 12.5 Å². The van der Waals surface area contributed by atoms with Crippen LogP contribution in [0.3, 0.4) is 0 Å². The van der Waals surface area contributed by atoms with Gasteiger partial charge < -0.3 is 19.9 Å². The summed E-state index contributed by atoms with van der Waals surface area (Å²) >= 11 is 0. The van der Waals surface area contributed by atoms with Crippen LogP contribution in [0.25, 0.3) is 0 Å². The van der Waals surface area contributed by atoms with Gasteiger partial charge in [-0.2, -0.15) is 0 Å². The van der Waals surface area contributed by atoms with Crippen molar-refractivity contribution in [3.63, 3.8) is 0 Å². The molecule has 1 unspecified atom stereocenters. The summed E-state index contributed by atoms with van der Waals surface area (Å²) in [5.41, 5.74) is -0.371. The molecule has 1 amide bonds. The minimum absolute atomic E-state index is 0.00543. The Hall–Kier alpha value is -2.05. The smallest absolute Gasteiger partial charge is 0.295 e. The van der Waals surface area contributed by atoms with E-state index in [0.29, 0.717) is 18.8 Å². The van der Waals surface area contributed by atoms with E-state index in [2.05, 4.69) is 15.3 Å². The molecular weight excluding hydrogens is 224 g/mol. The van der Waals surface area contributed by atoms with Crippen LogP contribution in [0.15, 0.2) is 11.1 Å². The van der Waals surface area contributed by atoms with Crippen LogP contribution in [0.4, 0.5) is 5.82 Å². The first-order valence-electron chi connectivity index (χ1n) is 5.26. The Kier molecular flexibility index (Phi) is 2.99. The second kappa shape index (κ2) is 4.44. The van der Waals surface area contributed by atoms with Gasteiger partial charge in [-0.3, -0.25) is 9.59 Å². The van der Waals surface area contributed by atoms with E-state index in [1.165, 1.54) is 13.4 Å². The van der Waals surface area contributed by atoms with Gasteiger partial charge in [0.05, 0.1) is 13.4 Å². The van der Waals surface area contributed by atoms with E-state index in [4.69, 9.17) is 4.74 Å². The molecule has 0 saturated carbocycles. The van der Waals surface area contributed by atoms with E-state index in [1.54, 1.807) is 11.9 Å². The van der Waals surface area contributed by atoms with Crippen molar-refractivity contribution in [2.24, 2.45) is 0 Å². The third-order valence-electron chi connectivity index (χ3n) is 2.75. The molecule has 17 heavy (non-hydrogen) atoms. The number of likely N-dealkylation sites (N-methyl/N-ethyl adjacent to an activating group) is 1. The van der Waals surface area contributed by atoms with Crippen LogP contribution in [0, 0.1) is 0 Å². The number of rotatable bonds is 3. The van der Waals surface area contributed by atoms with Crippen molar-refractivity contribution in [3.8, 4) is 5.75 Å². The molecule has 2 rings (SSSR count). The van der Waals surface area contributed by atoms with Crippen LogP contribution < -0.4 is 15.6 Å². The Bertz CT molecular complexity index is 485. The SMILES string of the molecule is COc1c(NC2CCN(C)C2=O)nc[nH]c1=O. The Labute approximate surface area is 97.8 Å². The number of amides is 1. The fraction of sp³-hybridized carbons (Fsp3) is 0.500. The van der Waals surface area contributed by atoms with Crippen molar-refractivity contribution in [1.29, 1.82) is 0 Å². The van der Waals surface area contributed by atoms with Crippen molar-refractivity contribution in [1.82, 2.24) is 14.9 Å². The molecule has 1 aliphatic rings. The molecule has 7 heteroatoms. The lowest BCUT2D eigenvalue weighted by Gasteiger charge is -2.14.